The maximum atomic E-state index is 9.96. The molecule has 0 radical (unpaired) electrons. The highest BCUT2D eigenvalue weighted by Gasteiger charge is 2.18. The first-order valence-electron chi connectivity index (χ1n) is 38.9. The maximum Gasteiger partial charge on any atom is 0.0645 e. The Morgan fingerprint density at radius 3 is 1.40 bits per heavy atom. The van der Waals surface area contributed by atoms with E-state index < -0.39 is 354 Å². The second kappa shape index (κ2) is 16.7. The van der Waals surface area contributed by atoms with Crippen LogP contribution in [0.25, 0.3) is 77.4 Å². The van der Waals surface area contributed by atoms with Gasteiger partial charge in [-0.25, -0.2) is 0 Å². The molecule has 0 aliphatic carbocycles. The molecule has 298 valence electrons. The predicted molar refractivity (Wildman–Crippen MR) is 267 cm³/mol. The van der Waals surface area contributed by atoms with Crippen LogP contribution in [-0.4, -0.2) is 4.57 Å². The Balaban J connectivity index is 1.28. The van der Waals surface area contributed by atoms with Gasteiger partial charge >= 0.3 is 0 Å². The molecule has 1 aromatic heterocycles. The fourth-order valence-electron chi connectivity index (χ4n) is 6.51. The molecular weight excluding hydrogens is 761 g/mol. The van der Waals surface area contributed by atoms with Crippen LogP contribution in [0.4, 0.5) is 17.1 Å². The molecule has 0 saturated carbocycles. The minimum atomic E-state index is -1.42. The van der Waals surface area contributed by atoms with Crippen molar-refractivity contribution in [2.75, 3.05) is 4.90 Å². The number of rotatable bonds is 10. The molecule has 0 aliphatic rings. The van der Waals surface area contributed by atoms with Crippen LogP contribution in [0.1, 0.15) is 61.8 Å². The van der Waals surface area contributed by atoms with E-state index in [9.17, 15) is 21.9 Å². The van der Waals surface area contributed by atoms with Crippen LogP contribution < -0.4 is 4.90 Å². The van der Waals surface area contributed by atoms with Crippen molar-refractivity contribution < 1.29 is 56.2 Å². The molecule has 11 rings (SSSR count). The number of aromatic nitrogens is 1. The van der Waals surface area contributed by atoms with Crippen molar-refractivity contribution in [2.45, 2.75) is 6.54 Å². The van der Waals surface area contributed by atoms with Crippen LogP contribution in [0.2, 0.25) is 0 Å². The lowest BCUT2D eigenvalue weighted by atomic mass is 9.93. The third-order valence-electron chi connectivity index (χ3n) is 9.29. The van der Waals surface area contributed by atoms with Crippen molar-refractivity contribution in [3.63, 3.8) is 0 Å². The standard InChI is InChI=1S/C61H44N2/c1-5-17-45(18-6-1)47-28-33-53(34-29-47)63(55-37-38-56(49-21-9-3-10-22-49)58(42-55)50-23-11-4-12-24-50)54-35-30-48(31-36-54)52-32-39-61-59(41-52)57-26-13-14-27-60(57)62(61)43-44-16-15-25-51(40-44)46-19-7-2-8-20-46/h1-42H,43H2/i1D,2D,3D,4D,5D,6D,7D,8D,9D,10D,11D,12D,13D,14D,15D,16D,17D,18D,19D,20D,21D,22D,23D,24D,25D,26D,27D,28D,29D,30D,31D,32D,33D,34D,35D,36D,37D,38D,39D,40D,41D. The summed E-state index contributed by atoms with van der Waals surface area (Å²) in [6.45, 7) is -1.04. The van der Waals surface area contributed by atoms with E-state index in [0.717, 1.165) is 4.57 Å². The summed E-state index contributed by atoms with van der Waals surface area (Å²) in [6, 6.07) is -44.1. The van der Waals surface area contributed by atoms with Crippen molar-refractivity contribution in [3.05, 3.63) is 259 Å². The number of para-hydroxylation sites is 1. The summed E-state index contributed by atoms with van der Waals surface area (Å²) in [4.78, 5) is 0.300. The van der Waals surface area contributed by atoms with Gasteiger partial charge in [0.15, 0.2) is 0 Å². The van der Waals surface area contributed by atoms with Crippen molar-refractivity contribution in [3.8, 4) is 55.6 Å². The van der Waals surface area contributed by atoms with Gasteiger partial charge in [-0.1, -0.05) is 193 Å². The molecule has 0 spiro atoms. The van der Waals surface area contributed by atoms with E-state index in [2.05, 4.69) is 0 Å². The number of benzene rings is 10. The quantitative estimate of drug-likeness (QED) is 0.133. The van der Waals surface area contributed by atoms with Gasteiger partial charge in [-0.2, -0.15) is 0 Å². The smallest absolute Gasteiger partial charge is 0.0645 e. The van der Waals surface area contributed by atoms with Crippen LogP contribution in [-0.2, 0) is 6.54 Å². The first kappa shape index (κ1) is 14.2. The minimum absolute atomic E-state index is 0.300. The van der Waals surface area contributed by atoms with Gasteiger partial charge in [0.1, 0.15) is 0 Å². The van der Waals surface area contributed by atoms with Crippen LogP contribution in [0.5, 0.6) is 0 Å². The largest absolute Gasteiger partial charge is 0.336 e. The van der Waals surface area contributed by atoms with Gasteiger partial charge in [0.25, 0.3) is 0 Å². The van der Waals surface area contributed by atoms with E-state index in [4.69, 9.17) is 34.3 Å². The summed E-state index contributed by atoms with van der Waals surface area (Å²) in [7, 11) is 0. The average molecular weight is 846 g/mol. The number of hydrogen-bond acceptors (Lipinski definition) is 1. The molecule has 1 heterocycles. The fourth-order valence-corrected chi connectivity index (χ4v) is 6.51. The van der Waals surface area contributed by atoms with Crippen molar-refractivity contribution >= 4 is 38.9 Å². The maximum absolute atomic E-state index is 9.96. The van der Waals surface area contributed by atoms with Gasteiger partial charge in [-0.15, -0.1) is 0 Å². The number of anilines is 3. The Morgan fingerprint density at radius 2 is 0.762 bits per heavy atom. The minimum Gasteiger partial charge on any atom is -0.336 e. The normalized spacial score (nSPS) is 20.3. The van der Waals surface area contributed by atoms with E-state index in [1.165, 1.54) is 0 Å². The molecule has 0 amide bonds. The Kier molecular flexibility index (Phi) is 3.75. The molecule has 0 unspecified atom stereocenters. The zero-order valence-corrected chi connectivity index (χ0v) is 31.7. The molecule has 0 fully saturated rings. The first-order chi connectivity index (χ1) is 48.3. The molecular formula is C61H44N2. The van der Waals surface area contributed by atoms with Gasteiger partial charge < -0.3 is 9.47 Å². The molecule has 0 saturated heterocycles. The molecule has 0 atom stereocenters. The summed E-state index contributed by atoms with van der Waals surface area (Å²) < 4.78 is 372. The summed E-state index contributed by atoms with van der Waals surface area (Å²) >= 11 is 0. The Morgan fingerprint density at radius 1 is 0.317 bits per heavy atom. The predicted octanol–water partition coefficient (Wildman–Crippen LogP) is 16.6. The van der Waals surface area contributed by atoms with Gasteiger partial charge in [0.05, 0.1) is 56.2 Å². The highest BCUT2D eigenvalue weighted by molar-refractivity contribution is 6.09. The van der Waals surface area contributed by atoms with Crippen LogP contribution >= 0.6 is 0 Å². The first-order valence-corrected chi connectivity index (χ1v) is 18.4. The second-order valence-corrected chi connectivity index (χ2v) is 13.0. The third-order valence-corrected chi connectivity index (χ3v) is 9.29. The van der Waals surface area contributed by atoms with E-state index in [0.29, 0.717) is 11.0 Å². The van der Waals surface area contributed by atoms with E-state index >= 15 is 0 Å². The molecule has 0 N–H and O–H groups in total. The van der Waals surface area contributed by atoms with Crippen LogP contribution in [0, 0.1) is 0 Å². The SMILES string of the molecule is [2H]c1c(N(c2c([2H])c([2H])c(-c3c([2H])c([2H])c([2H])c([2H])c3[2H])c([2H])c2[2H])c2c([2H])c([2H])c(-c3c([2H])c([2H])c4c(c3[2H])c3c([2H])c([2H])c([2H])c([2H])c3n4Cc3c([2H])c([2H])c([2H])c(-c4c([2H])c([2H])c([2H])c([2H])c4[2H])c3[2H])c([2H])c2[2H])cc(-c2c([2H])c([2H])c([2H])c([2H])c2[2H])c(-c2c([2H])c([2H])c([2H])c([2H])c2[2H])c1[2H]. The summed E-state index contributed by atoms with van der Waals surface area (Å²) in [6.07, 6.45) is 0. The van der Waals surface area contributed by atoms with Crippen LogP contribution in [0.3, 0.4) is 0 Å². The summed E-state index contributed by atoms with van der Waals surface area (Å²) in [5, 5.41) is -1.36. The van der Waals surface area contributed by atoms with Gasteiger partial charge in [0.2, 0.25) is 0 Å². The van der Waals surface area contributed by atoms with Crippen molar-refractivity contribution in [2.24, 2.45) is 0 Å². The summed E-state index contributed by atoms with van der Waals surface area (Å²) in [5.74, 6) is 0. The monoisotopic (exact) mass is 846 g/mol. The molecule has 2 nitrogen and oxygen atoms in total. The van der Waals surface area contributed by atoms with Crippen molar-refractivity contribution in [1.29, 1.82) is 0 Å². The average Bonchev–Trinajstić information content (AvgIpc) is 1.48. The Labute approximate surface area is 426 Å². The summed E-state index contributed by atoms with van der Waals surface area (Å²) in [5.41, 5.74) is -14.8. The van der Waals surface area contributed by atoms with E-state index in [1.54, 1.807) is 0 Å². The lowest BCUT2D eigenvalue weighted by molar-refractivity contribution is 0.869. The van der Waals surface area contributed by atoms with Crippen molar-refractivity contribution in [1.82, 2.24) is 4.57 Å². The highest BCUT2D eigenvalue weighted by Crippen LogP contribution is 2.42. The van der Waals surface area contributed by atoms with E-state index in [1.807, 2.05) is 0 Å². The lowest BCUT2D eigenvalue weighted by Crippen LogP contribution is -2.10. The molecule has 10 aromatic carbocycles. The molecule has 0 bridgehead atoms. The Hall–Kier alpha value is -8.20. The lowest BCUT2D eigenvalue weighted by Gasteiger charge is -2.27. The third kappa shape index (κ3) is 7.49. The Bertz CT molecular complexity index is 5620. The number of hydrogen-bond donors (Lipinski definition) is 0. The van der Waals surface area contributed by atoms with Gasteiger partial charge in [-0.3, -0.25) is 0 Å². The zero-order valence-electron chi connectivity index (χ0n) is 72.7. The molecule has 2 heteroatoms. The zero-order chi connectivity index (χ0) is 77.6. The van der Waals surface area contributed by atoms with Crippen LogP contribution in [0.15, 0.2) is 254 Å². The molecule has 63 heavy (non-hydrogen) atoms. The topological polar surface area (TPSA) is 8.17 Å². The molecule has 11 aromatic rings. The van der Waals surface area contributed by atoms with Gasteiger partial charge in [-0.05, 0) is 122 Å². The highest BCUT2D eigenvalue weighted by atomic mass is 15.1. The van der Waals surface area contributed by atoms with E-state index in [-0.39, 0.29) is 0 Å². The second-order valence-electron chi connectivity index (χ2n) is 13.0. The number of fused-ring (bicyclic) bond motifs is 3. The molecule has 0 aliphatic heterocycles. The number of nitrogens with zero attached hydrogens (tertiary/aromatic N) is 2. The fraction of sp³-hybridized carbons (Fsp3) is 0.0164. The van der Waals surface area contributed by atoms with Gasteiger partial charge in [0, 0.05) is 45.4 Å².